The van der Waals surface area contributed by atoms with Crippen LogP contribution in [0.15, 0.2) is 43.4 Å². The van der Waals surface area contributed by atoms with Crippen LogP contribution >= 0.6 is 0 Å². The van der Waals surface area contributed by atoms with E-state index in [1.54, 1.807) is 29.8 Å². The molecule has 2 aromatic carbocycles. The van der Waals surface area contributed by atoms with Crippen molar-refractivity contribution < 1.29 is 26.2 Å². The number of fused-ring (bicyclic) bond motifs is 4. The van der Waals surface area contributed by atoms with Crippen molar-refractivity contribution in [2.75, 3.05) is 0 Å². The normalized spacial score (nSPS) is 10.7. The largest absolute Gasteiger partial charge is 0.392 e. The van der Waals surface area contributed by atoms with Crippen molar-refractivity contribution in [1.29, 1.82) is 0 Å². The van der Waals surface area contributed by atoms with Crippen molar-refractivity contribution in [2.24, 2.45) is 7.05 Å². The van der Waals surface area contributed by atoms with E-state index in [0.29, 0.717) is 22.1 Å². The molecule has 4 aromatic rings. The number of aliphatic hydroxyl groups excluding tert-OH is 1. The standard InChI is InChI=1S/C13H12N4O3.C12H9N4O2.CH4.W/c1-6-3-8-9(4-7(6)5-18)17(2)11-10(14-8)12(19)16-13(20)15-11;1-5-3-7-8(4-6(5)2)14-10-9(13-7)11(17)16-12(18)15-10;;/h3-4,18H,5H2,1-2H3,(H,16,19,20);3-4H,2H2,1H3,(H2,14,15,16,17,18);1H4;/q;-1;;. The van der Waals surface area contributed by atoms with Gasteiger partial charge in [-0.05, 0) is 30.2 Å². The number of aryl methyl sites for hydroxylation is 3. The molecule has 206 valence electrons. The Morgan fingerprint density at radius 3 is 2.23 bits per heavy atom. The van der Waals surface area contributed by atoms with E-state index in [0.717, 1.165) is 22.3 Å². The van der Waals surface area contributed by atoms with E-state index in [-0.39, 0.29) is 57.8 Å². The fraction of sp³-hybridized carbons (Fsp3) is 0.192. The molecule has 6 rings (SSSR count). The van der Waals surface area contributed by atoms with Crippen LogP contribution in [0.2, 0.25) is 0 Å². The average Bonchev–Trinajstić information content (AvgIpc) is 2.85. The van der Waals surface area contributed by atoms with Crippen molar-refractivity contribution in [3.63, 3.8) is 0 Å². The summed E-state index contributed by atoms with van der Waals surface area (Å²) in [5.41, 5.74) is 4.00. The molecule has 0 unspecified atom stereocenters. The van der Waals surface area contributed by atoms with Gasteiger partial charge in [-0.25, -0.2) is 24.5 Å². The first-order chi connectivity index (χ1) is 18.0. The van der Waals surface area contributed by atoms with E-state index in [4.69, 9.17) is 0 Å². The number of aliphatic hydroxyl groups is 1. The Bertz CT molecular complexity index is 2110. The second-order valence-electron chi connectivity index (χ2n) is 8.74. The fourth-order valence-corrected chi connectivity index (χ4v) is 4.05. The smallest absolute Gasteiger partial charge is 0.349 e. The molecule has 0 saturated carbocycles. The molecular formula is C26H25N8O5W-. The van der Waals surface area contributed by atoms with E-state index < -0.39 is 22.5 Å². The first kappa shape index (κ1) is 30.1. The third kappa shape index (κ3) is 5.33. The monoisotopic (exact) mass is 713 g/mol. The summed E-state index contributed by atoms with van der Waals surface area (Å²) in [6.07, 6.45) is 0. The van der Waals surface area contributed by atoms with Gasteiger partial charge < -0.3 is 9.67 Å². The van der Waals surface area contributed by atoms with Crippen LogP contribution in [0, 0.1) is 20.8 Å². The van der Waals surface area contributed by atoms with Gasteiger partial charge in [0.25, 0.3) is 11.1 Å². The number of aromatic amines is 3. The molecule has 0 amide bonds. The van der Waals surface area contributed by atoms with E-state index in [2.05, 4.69) is 41.8 Å². The minimum Gasteiger partial charge on any atom is -0.392 e. The number of hydrogen-bond acceptors (Lipinski definition) is 9. The van der Waals surface area contributed by atoms with Crippen molar-refractivity contribution in [3.8, 4) is 11.5 Å². The second kappa shape index (κ2) is 11.3. The summed E-state index contributed by atoms with van der Waals surface area (Å²) in [5.74, 6) is 0.221. The van der Waals surface area contributed by atoms with Crippen molar-refractivity contribution in [2.45, 2.75) is 27.9 Å². The molecule has 0 radical (unpaired) electrons. The molecule has 0 saturated heterocycles. The Kier molecular flexibility index (Phi) is 8.51. The molecule has 2 aromatic heterocycles. The molecular weight excluding hydrogens is 688 g/mol. The Hall–Kier alpha value is -4.48. The number of rotatable bonds is 1. The SMILES string of the molecule is C.Cc1cc2nc3c(=O)[nH]c(=O)nc-3n(C)c2cc1CO.[CH2-]c1cc2nc3[nH]c(=O)[nH]c(=O)c3nc2cc1C.[W]. The molecule has 0 spiro atoms. The van der Waals surface area contributed by atoms with Gasteiger partial charge in [0.15, 0.2) is 22.7 Å². The predicted octanol–water partition coefficient (Wildman–Crippen LogP) is 1.21. The van der Waals surface area contributed by atoms with E-state index in [1.807, 2.05) is 19.9 Å². The first-order valence-corrected chi connectivity index (χ1v) is 11.3. The molecule has 0 bridgehead atoms. The molecule has 4 N–H and O–H groups in total. The van der Waals surface area contributed by atoms with Crippen LogP contribution in [0.5, 0.6) is 0 Å². The third-order valence-corrected chi connectivity index (χ3v) is 6.17. The van der Waals surface area contributed by atoms with Crippen LogP contribution in [0.1, 0.15) is 29.7 Å². The third-order valence-electron chi connectivity index (χ3n) is 6.17. The van der Waals surface area contributed by atoms with E-state index >= 15 is 0 Å². The molecule has 4 heterocycles. The summed E-state index contributed by atoms with van der Waals surface area (Å²) in [5, 5.41) is 9.32. The van der Waals surface area contributed by atoms with Crippen LogP contribution in [0.4, 0.5) is 0 Å². The zero-order chi connectivity index (χ0) is 27.3. The van der Waals surface area contributed by atoms with Crippen molar-refractivity contribution in [1.82, 2.24) is 39.5 Å². The van der Waals surface area contributed by atoms with Gasteiger partial charge in [-0.3, -0.25) is 24.5 Å². The minimum absolute atomic E-state index is 0. The Balaban J connectivity index is 0.000000211. The average molecular weight is 713 g/mol. The molecule has 2 aliphatic rings. The number of benzene rings is 2. The van der Waals surface area contributed by atoms with E-state index in [9.17, 15) is 24.3 Å². The maximum absolute atomic E-state index is 11.8. The van der Waals surface area contributed by atoms with Gasteiger partial charge in [-0.15, -0.1) is 11.6 Å². The van der Waals surface area contributed by atoms with Crippen molar-refractivity contribution >= 4 is 33.2 Å². The van der Waals surface area contributed by atoms with Gasteiger partial charge in [0.05, 0.1) is 23.2 Å². The molecule has 0 atom stereocenters. The van der Waals surface area contributed by atoms with Gasteiger partial charge in [-0.1, -0.05) is 20.4 Å². The summed E-state index contributed by atoms with van der Waals surface area (Å²) in [7, 11) is 1.70. The molecule has 14 heteroatoms. The second-order valence-corrected chi connectivity index (χ2v) is 8.74. The summed E-state index contributed by atoms with van der Waals surface area (Å²) in [6, 6.07) is 7.17. The fourth-order valence-electron chi connectivity index (χ4n) is 4.05. The van der Waals surface area contributed by atoms with Crippen LogP contribution in [-0.4, -0.2) is 44.6 Å². The summed E-state index contributed by atoms with van der Waals surface area (Å²) in [4.78, 5) is 69.1. The molecule has 0 fully saturated rings. The van der Waals surface area contributed by atoms with Gasteiger partial charge >= 0.3 is 11.4 Å². The number of nitrogens with one attached hydrogen (secondary N) is 3. The zero-order valence-electron chi connectivity index (χ0n) is 20.9. The Morgan fingerprint density at radius 2 is 1.52 bits per heavy atom. The summed E-state index contributed by atoms with van der Waals surface area (Å²) >= 11 is 0. The van der Waals surface area contributed by atoms with Gasteiger partial charge in [-0.2, -0.15) is 17.5 Å². The zero-order valence-corrected chi connectivity index (χ0v) is 23.9. The Morgan fingerprint density at radius 1 is 0.850 bits per heavy atom. The van der Waals surface area contributed by atoms with Gasteiger partial charge in [0.1, 0.15) is 0 Å². The predicted molar refractivity (Wildman–Crippen MR) is 147 cm³/mol. The van der Waals surface area contributed by atoms with Crippen LogP contribution in [0.3, 0.4) is 0 Å². The molecule has 40 heavy (non-hydrogen) atoms. The topological polar surface area (TPSA) is 192 Å². The molecule has 2 aliphatic heterocycles. The summed E-state index contributed by atoms with van der Waals surface area (Å²) < 4.78 is 1.63. The maximum atomic E-state index is 11.8. The van der Waals surface area contributed by atoms with Gasteiger partial charge in [0.2, 0.25) is 0 Å². The quantitative estimate of drug-likeness (QED) is 0.143. The van der Waals surface area contributed by atoms with Crippen LogP contribution in [-0.2, 0) is 34.7 Å². The number of H-pyrrole nitrogens is 3. The van der Waals surface area contributed by atoms with Crippen LogP contribution in [0.25, 0.3) is 44.7 Å². The van der Waals surface area contributed by atoms with Crippen molar-refractivity contribution in [3.05, 3.63) is 95.1 Å². The molecule has 13 nitrogen and oxygen atoms in total. The molecule has 0 aliphatic carbocycles. The number of nitrogens with zero attached hydrogens (tertiary/aromatic N) is 5. The van der Waals surface area contributed by atoms with Crippen LogP contribution < -0.4 is 22.5 Å². The number of hydrogen-bond donors (Lipinski definition) is 4. The maximum Gasteiger partial charge on any atom is 0.349 e. The first-order valence-electron chi connectivity index (χ1n) is 11.3. The Labute approximate surface area is 240 Å². The number of aromatic nitrogens is 8. The summed E-state index contributed by atoms with van der Waals surface area (Å²) in [6.45, 7) is 7.56. The van der Waals surface area contributed by atoms with Gasteiger partial charge in [0, 0.05) is 33.6 Å². The van der Waals surface area contributed by atoms with E-state index in [1.165, 1.54) is 0 Å². The minimum atomic E-state index is -0.700.